The number of nitrogens with two attached hydrogens (primary N) is 1. The van der Waals surface area contributed by atoms with Crippen molar-refractivity contribution in [2.24, 2.45) is 0 Å². The Morgan fingerprint density at radius 2 is 2.11 bits per heavy atom. The van der Waals surface area contributed by atoms with Gasteiger partial charge in [-0.3, -0.25) is 9.78 Å². The molecular formula is C12H8Cl2FN3O. The second-order valence-electron chi connectivity index (χ2n) is 3.67. The van der Waals surface area contributed by atoms with Crippen LogP contribution in [0.2, 0.25) is 10.0 Å². The summed E-state index contributed by atoms with van der Waals surface area (Å²) in [4.78, 5) is 15.5. The number of amides is 1. The van der Waals surface area contributed by atoms with Crippen molar-refractivity contribution in [2.45, 2.75) is 0 Å². The van der Waals surface area contributed by atoms with Crippen LogP contribution in [0, 0.1) is 5.82 Å². The predicted octanol–water partition coefficient (Wildman–Crippen LogP) is 3.36. The predicted molar refractivity (Wildman–Crippen MR) is 73.0 cm³/mol. The summed E-state index contributed by atoms with van der Waals surface area (Å²) in [7, 11) is 0. The fourth-order valence-electron chi connectivity index (χ4n) is 1.41. The molecule has 1 amide bonds. The first-order chi connectivity index (χ1) is 8.99. The smallest absolute Gasteiger partial charge is 0.255 e. The van der Waals surface area contributed by atoms with E-state index in [0.29, 0.717) is 0 Å². The molecule has 1 heterocycles. The van der Waals surface area contributed by atoms with E-state index in [1.165, 1.54) is 24.4 Å². The number of hydrogen-bond donors (Lipinski definition) is 2. The van der Waals surface area contributed by atoms with Crippen LogP contribution < -0.4 is 11.1 Å². The number of nitrogens with one attached hydrogen (secondary N) is 1. The number of anilines is 2. The first-order valence-electron chi connectivity index (χ1n) is 5.14. The molecule has 0 bridgehead atoms. The quantitative estimate of drug-likeness (QED) is 0.836. The van der Waals surface area contributed by atoms with Gasteiger partial charge in [0.15, 0.2) is 5.82 Å². The molecule has 4 nitrogen and oxygen atoms in total. The fourth-order valence-corrected chi connectivity index (χ4v) is 1.75. The molecule has 0 saturated heterocycles. The van der Waals surface area contributed by atoms with Crippen molar-refractivity contribution < 1.29 is 9.18 Å². The Bertz CT molecular complexity index is 626. The zero-order valence-corrected chi connectivity index (χ0v) is 11.0. The molecule has 1 aromatic carbocycles. The minimum atomic E-state index is -0.635. The standard InChI is InChI=1S/C12H8Cl2FN3O/c13-7-3-6(4-9(16)11(7)14)12(19)18-10-1-2-17-5-8(10)15/h1-5H,16H2,(H,17,18,19). The SMILES string of the molecule is Nc1cc(C(=O)Nc2ccncc2F)cc(Cl)c1Cl. The van der Waals surface area contributed by atoms with Gasteiger partial charge in [0.1, 0.15) is 0 Å². The lowest BCUT2D eigenvalue weighted by Gasteiger charge is -2.08. The first kappa shape index (κ1) is 13.6. The van der Waals surface area contributed by atoms with E-state index in [1.54, 1.807) is 0 Å². The third kappa shape index (κ3) is 2.94. The third-order valence-corrected chi connectivity index (χ3v) is 3.16. The molecule has 0 aliphatic heterocycles. The Hall–Kier alpha value is -1.85. The van der Waals surface area contributed by atoms with Gasteiger partial charge in [-0.2, -0.15) is 0 Å². The van der Waals surface area contributed by atoms with Crippen LogP contribution in [0.15, 0.2) is 30.6 Å². The number of halogens is 3. The van der Waals surface area contributed by atoms with E-state index in [4.69, 9.17) is 28.9 Å². The normalized spacial score (nSPS) is 10.3. The summed E-state index contributed by atoms with van der Waals surface area (Å²) in [5.74, 6) is -1.18. The van der Waals surface area contributed by atoms with Gasteiger partial charge in [-0.15, -0.1) is 0 Å². The maximum Gasteiger partial charge on any atom is 0.255 e. The monoisotopic (exact) mass is 299 g/mol. The van der Waals surface area contributed by atoms with Crippen LogP contribution in [-0.4, -0.2) is 10.9 Å². The molecule has 0 atom stereocenters. The van der Waals surface area contributed by atoms with Crippen LogP contribution in [0.1, 0.15) is 10.4 Å². The molecule has 2 aromatic rings. The number of carbonyl (C=O) groups is 1. The van der Waals surface area contributed by atoms with Crippen LogP contribution in [0.25, 0.3) is 0 Å². The summed E-state index contributed by atoms with van der Waals surface area (Å²) < 4.78 is 13.3. The van der Waals surface area contributed by atoms with Crippen molar-refractivity contribution in [3.8, 4) is 0 Å². The van der Waals surface area contributed by atoms with Crippen molar-refractivity contribution >= 4 is 40.5 Å². The molecule has 0 saturated carbocycles. The van der Waals surface area contributed by atoms with Crippen molar-refractivity contribution in [1.82, 2.24) is 4.98 Å². The Labute approximate surface area is 118 Å². The second-order valence-corrected chi connectivity index (χ2v) is 4.46. The van der Waals surface area contributed by atoms with Gasteiger partial charge in [0, 0.05) is 11.8 Å². The minimum absolute atomic E-state index is 0.0182. The summed E-state index contributed by atoms with van der Waals surface area (Å²) in [5.41, 5.74) is 5.98. The van der Waals surface area contributed by atoms with Crippen LogP contribution in [0.4, 0.5) is 15.8 Å². The Morgan fingerprint density at radius 3 is 2.74 bits per heavy atom. The lowest BCUT2D eigenvalue weighted by atomic mass is 10.2. The Kier molecular flexibility index (Phi) is 3.87. The second kappa shape index (κ2) is 5.42. The van der Waals surface area contributed by atoms with Gasteiger partial charge in [-0.1, -0.05) is 23.2 Å². The van der Waals surface area contributed by atoms with Gasteiger partial charge in [-0.05, 0) is 18.2 Å². The molecule has 0 aliphatic rings. The van der Waals surface area contributed by atoms with E-state index in [2.05, 4.69) is 10.3 Å². The number of aromatic nitrogens is 1. The van der Waals surface area contributed by atoms with Crippen LogP contribution in [0.5, 0.6) is 0 Å². The maximum absolute atomic E-state index is 13.3. The molecule has 0 fully saturated rings. The number of rotatable bonds is 2. The lowest BCUT2D eigenvalue weighted by Crippen LogP contribution is -2.13. The number of pyridine rings is 1. The third-order valence-electron chi connectivity index (χ3n) is 2.34. The summed E-state index contributed by atoms with van der Waals surface area (Å²) in [5, 5.41) is 2.72. The van der Waals surface area contributed by atoms with Crippen molar-refractivity contribution in [2.75, 3.05) is 11.1 Å². The first-order valence-corrected chi connectivity index (χ1v) is 5.90. The van der Waals surface area contributed by atoms with Gasteiger partial charge in [0.2, 0.25) is 0 Å². The fraction of sp³-hybridized carbons (Fsp3) is 0. The molecule has 19 heavy (non-hydrogen) atoms. The molecule has 3 N–H and O–H groups in total. The van der Waals surface area contributed by atoms with Gasteiger partial charge >= 0.3 is 0 Å². The Morgan fingerprint density at radius 1 is 1.37 bits per heavy atom. The van der Waals surface area contributed by atoms with Gasteiger partial charge < -0.3 is 11.1 Å². The molecule has 2 rings (SSSR count). The molecule has 0 radical (unpaired) electrons. The minimum Gasteiger partial charge on any atom is -0.397 e. The van der Waals surface area contributed by atoms with Gasteiger partial charge in [0.05, 0.1) is 27.6 Å². The molecular weight excluding hydrogens is 292 g/mol. The highest BCUT2D eigenvalue weighted by molar-refractivity contribution is 6.44. The molecule has 1 aromatic heterocycles. The molecule has 0 unspecified atom stereocenters. The maximum atomic E-state index is 13.3. The summed E-state index contributed by atoms with van der Waals surface area (Å²) >= 11 is 11.6. The molecule has 98 valence electrons. The number of nitrogens with zero attached hydrogens (tertiary/aromatic N) is 1. The molecule has 0 aliphatic carbocycles. The van der Waals surface area contributed by atoms with E-state index in [-0.39, 0.29) is 27.0 Å². The van der Waals surface area contributed by atoms with Crippen molar-refractivity contribution in [3.05, 3.63) is 52.0 Å². The highest BCUT2D eigenvalue weighted by Crippen LogP contribution is 2.29. The van der Waals surface area contributed by atoms with Crippen LogP contribution >= 0.6 is 23.2 Å². The zero-order valence-electron chi connectivity index (χ0n) is 9.45. The van der Waals surface area contributed by atoms with Gasteiger partial charge in [0.25, 0.3) is 5.91 Å². The summed E-state index contributed by atoms with van der Waals surface area (Å²) in [6.45, 7) is 0. The van der Waals surface area contributed by atoms with E-state index < -0.39 is 11.7 Å². The lowest BCUT2D eigenvalue weighted by molar-refractivity contribution is 0.102. The van der Waals surface area contributed by atoms with Crippen LogP contribution in [0.3, 0.4) is 0 Å². The number of hydrogen-bond acceptors (Lipinski definition) is 3. The summed E-state index contributed by atoms with van der Waals surface area (Å²) in [6.07, 6.45) is 2.36. The van der Waals surface area contributed by atoms with Gasteiger partial charge in [-0.25, -0.2) is 4.39 Å². The molecule has 7 heteroatoms. The van der Waals surface area contributed by atoms with Crippen LogP contribution in [-0.2, 0) is 0 Å². The topological polar surface area (TPSA) is 68.0 Å². The zero-order chi connectivity index (χ0) is 14.0. The average Bonchev–Trinajstić information content (AvgIpc) is 2.38. The van der Waals surface area contributed by atoms with E-state index in [9.17, 15) is 9.18 Å². The number of carbonyl (C=O) groups excluding carboxylic acids is 1. The van der Waals surface area contributed by atoms with Crippen molar-refractivity contribution in [1.29, 1.82) is 0 Å². The largest absolute Gasteiger partial charge is 0.397 e. The Balaban J connectivity index is 2.28. The van der Waals surface area contributed by atoms with E-state index in [0.717, 1.165) is 6.20 Å². The number of benzene rings is 1. The highest BCUT2D eigenvalue weighted by Gasteiger charge is 2.13. The average molecular weight is 300 g/mol. The number of nitrogen functional groups attached to an aromatic ring is 1. The highest BCUT2D eigenvalue weighted by atomic mass is 35.5. The summed E-state index contributed by atoms with van der Waals surface area (Å²) in [6, 6.07) is 4.06. The van der Waals surface area contributed by atoms with Crippen molar-refractivity contribution in [3.63, 3.8) is 0 Å². The molecule has 0 spiro atoms. The van der Waals surface area contributed by atoms with E-state index in [1.807, 2.05) is 0 Å². The van der Waals surface area contributed by atoms with E-state index >= 15 is 0 Å².